The number of nitrogens with two attached hydrogens (primary N) is 2. The topological polar surface area (TPSA) is 78.3 Å². The molecule has 0 aliphatic rings. The molecule has 17 heavy (non-hydrogen) atoms. The van der Waals surface area contributed by atoms with E-state index in [1.54, 1.807) is 24.3 Å². The number of ether oxygens (including phenoxy) is 1. The fraction of sp³-hybridized carbons (Fsp3) is 0.462. The first-order valence-corrected chi connectivity index (χ1v) is 5.61. The van der Waals surface area contributed by atoms with E-state index in [0.29, 0.717) is 17.9 Å². The smallest absolute Gasteiger partial charge is 0.248 e. The van der Waals surface area contributed by atoms with Crippen molar-refractivity contribution in [1.82, 2.24) is 0 Å². The Hall–Kier alpha value is -1.55. The molecule has 0 heterocycles. The molecule has 4 heteroatoms. The van der Waals surface area contributed by atoms with Crippen LogP contribution in [0.25, 0.3) is 0 Å². The van der Waals surface area contributed by atoms with Crippen LogP contribution in [0.15, 0.2) is 24.3 Å². The van der Waals surface area contributed by atoms with Crippen molar-refractivity contribution in [3.05, 3.63) is 29.8 Å². The highest BCUT2D eigenvalue weighted by atomic mass is 16.5. The minimum atomic E-state index is -0.442. The molecule has 0 saturated heterocycles. The molecule has 94 valence electrons. The van der Waals surface area contributed by atoms with E-state index in [4.69, 9.17) is 16.2 Å². The summed E-state index contributed by atoms with van der Waals surface area (Å²) in [6.45, 7) is 6.66. The van der Waals surface area contributed by atoms with Gasteiger partial charge in [-0.2, -0.15) is 0 Å². The summed E-state index contributed by atoms with van der Waals surface area (Å²) in [5.74, 6) is 0.253. The van der Waals surface area contributed by atoms with Gasteiger partial charge in [0.15, 0.2) is 0 Å². The van der Waals surface area contributed by atoms with Crippen molar-refractivity contribution in [1.29, 1.82) is 0 Å². The van der Waals surface area contributed by atoms with Crippen LogP contribution in [0, 0.1) is 5.41 Å². The zero-order chi connectivity index (χ0) is 13.1. The molecule has 1 aromatic rings. The molecule has 4 nitrogen and oxygen atoms in total. The second-order valence-corrected chi connectivity index (χ2v) is 5.10. The highest BCUT2D eigenvalue weighted by Gasteiger charge is 2.25. The molecule has 0 fully saturated rings. The molecule has 0 saturated carbocycles. The molecular weight excluding hydrogens is 216 g/mol. The lowest BCUT2D eigenvalue weighted by molar-refractivity contribution is 0.0940. The summed E-state index contributed by atoms with van der Waals surface area (Å²) in [5, 5.41) is 0. The molecule has 1 amide bonds. The first kappa shape index (κ1) is 13.5. The first-order chi connectivity index (χ1) is 7.84. The molecule has 0 aliphatic heterocycles. The van der Waals surface area contributed by atoms with Crippen LogP contribution in [0.3, 0.4) is 0 Å². The van der Waals surface area contributed by atoms with Crippen molar-refractivity contribution in [3.63, 3.8) is 0 Å². The van der Waals surface area contributed by atoms with E-state index in [-0.39, 0.29) is 11.5 Å². The lowest BCUT2D eigenvalue weighted by Gasteiger charge is -2.30. The summed E-state index contributed by atoms with van der Waals surface area (Å²) < 4.78 is 5.79. The van der Waals surface area contributed by atoms with Gasteiger partial charge in [0.1, 0.15) is 11.9 Å². The van der Waals surface area contributed by atoms with Gasteiger partial charge >= 0.3 is 0 Å². The van der Waals surface area contributed by atoms with Gasteiger partial charge < -0.3 is 16.2 Å². The molecule has 1 aromatic carbocycles. The van der Waals surface area contributed by atoms with Gasteiger partial charge in [-0.25, -0.2) is 0 Å². The Morgan fingerprint density at radius 2 is 1.82 bits per heavy atom. The molecule has 1 unspecified atom stereocenters. The maximum atomic E-state index is 10.9. The Morgan fingerprint density at radius 3 is 2.18 bits per heavy atom. The Balaban J connectivity index is 2.78. The zero-order valence-electron chi connectivity index (χ0n) is 10.6. The van der Waals surface area contributed by atoms with Crippen LogP contribution < -0.4 is 16.2 Å². The number of primary amides is 1. The monoisotopic (exact) mass is 236 g/mol. The van der Waals surface area contributed by atoms with Crippen LogP contribution in [0.1, 0.15) is 31.1 Å². The molecule has 0 bridgehead atoms. The summed E-state index contributed by atoms with van der Waals surface area (Å²) in [6.07, 6.45) is -0.0677. The predicted octanol–water partition coefficient (Wildman–Crippen LogP) is 1.54. The van der Waals surface area contributed by atoms with Gasteiger partial charge in [0, 0.05) is 17.5 Å². The summed E-state index contributed by atoms with van der Waals surface area (Å²) in [7, 11) is 0. The number of carbonyl (C=O) groups is 1. The van der Waals surface area contributed by atoms with Gasteiger partial charge in [-0.3, -0.25) is 4.79 Å². The third kappa shape index (κ3) is 3.75. The zero-order valence-corrected chi connectivity index (χ0v) is 10.6. The molecule has 0 radical (unpaired) electrons. The van der Waals surface area contributed by atoms with Gasteiger partial charge in [0.05, 0.1) is 0 Å². The number of amides is 1. The van der Waals surface area contributed by atoms with E-state index in [0.717, 1.165) is 0 Å². The Labute approximate surface area is 102 Å². The maximum absolute atomic E-state index is 10.9. The van der Waals surface area contributed by atoms with Crippen molar-refractivity contribution in [2.24, 2.45) is 16.9 Å². The van der Waals surface area contributed by atoms with Gasteiger partial charge in [-0.15, -0.1) is 0 Å². The van der Waals surface area contributed by atoms with Gasteiger partial charge in [-0.1, -0.05) is 20.8 Å². The van der Waals surface area contributed by atoms with Crippen molar-refractivity contribution in [2.45, 2.75) is 26.9 Å². The van der Waals surface area contributed by atoms with E-state index in [2.05, 4.69) is 20.8 Å². The highest BCUT2D eigenvalue weighted by Crippen LogP contribution is 2.24. The van der Waals surface area contributed by atoms with Crippen LogP contribution in [0.5, 0.6) is 5.75 Å². The summed E-state index contributed by atoms with van der Waals surface area (Å²) in [5.41, 5.74) is 11.3. The van der Waals surface area contributed by atoms with Crippen molar-refractivity contribution >= 4 is 5.91 Å². The van der Waals surface area contributed by atoms with Crippen molar-refractivity contribution in [2.75, 3.05) is 6.54 Å². The largest absolute Gasteiger partial charge is 0.489 e. The van der Waals surface area contributed by atoms with Crippen LogP contribution >= 0.6 is 0 Å². The third-order valence-electron chi connectivity index (χ3n) is 2.60. The Morgan fingerprint density at radius 1 is 1.29 bits per heavy atom. The van der Waals surface area contributed by atoms with E-state index >= 15 is 0 Å². The van der Waals surface area contributed by atoms with Gasteiger partial charge in [-0.05, 0) is 24.3 Å². The second-order valence-electron chi connectivity index (χ2n) is 5.10. The molecule has 1 atom stereocenters. The highest BCUT2D eigenvalue weighted by molar-refractivity contribution is 5.92. The minimum Gasteiger partial charge on any atom is -0.489 e. The van der Waals surface area contributed by atoms with Crippen LogP contribution in [-0.2, 0) is 0 Å². The second kappa shape index (κ2) is 5.19. The quantitative estimate of drug-likeness (QED) is 0.832. The Bertz CT molecular complexity index is 379. The third-order valence-corrected chi connectivity index (χ3v) is 2.60. The summed E-state index contributed by atoms with van der Waals surface area (Å²) >= 11 is 0. The molecular formula is C13H20N2O2. The maximum Gasteiger partial charge on any atom is 0.248 e. The van der Waals surface area contributed by atoms with E-state index in [1.165, 1.54) is 0 Å². The van der Waals surface area contributed by atoms with Crippen molar-refractivity contribution < 1.29 is 9.53 Å². The van der Waals surface area contributed by atoms with Crippen LogP contribution in [0.4, 0.5) is 0 Å². The lowest BCUT2D eigenvalue weighted by Crippen LogP contribution is -2.38. The lowest BCUT2D eigenvalue weighted by atomic mass is 9.89. The average Bonchev–Trinajstić information content (AvgIpc) is 2.24. The Kier molecular flexibility index (Phi) is 4.12. The van der Waals surface area contributed by atoms with E-state index < -0.39 is 5.91 Å². The number of hydrogen-bond acceptors (Lipinski definition) is 3. The molecule has 0 aliphatic carbocycles. The summed E-state index contributed by atoms with van der Waals surface area (Å²) in [6, 6.07) is 6.75. The van der Waals surface area contributed by atoms with Crippen LogP contribution in [-0.4, -0.2) is 18.6 Å². The molecule has 1 rings (SSSR count). The average molecular weight is 236 g/mol. The standard InChI is InChI=1S/C13H20N2O2/c1-13(2,3)11(8-14)17-10-6-4-9(5-7-10)12(15)16/h4-7,11H,8,14H2,1-3H3,(H2,15,16). The number of carbonyl (C=O) groups excluding carboxylic acids is 1. The van der Waals surface area contributed by atoms with Crippen LogP contribution in [0.2, 0.25) is 0 Å². The van der Waals surface area contributed by atoms with Gasteiger partial charge in [0.25, 0.3) is 0 Å². The predicted molar refractivity (Wildman–Crippen MR) is 67.9 cm³/mol. The number of benzene rings is 1. The molecule has 4 N–H and O–H groups in total. The fourth-order valence-corrected chi connectivity index (χ4v) is 1.44. The summed E-state index contributed by atoms with van der Waals surface area (Å²) in [4.78, 5) is 10.9. The fourth-order valence-electron chi connectivity index (χ4n) is 1.44. The number of rotatable bonds is 4. The SMILES string of the molecule is CC(C)(C)C(CN)Oc1ccc(C(N)=O)cc1. The normalized spacial score (nSPS) is 13.2. The molecule has 0 aromatic heterocycles. The van der Waals surface area contributed by atoms with Crippen molar-refractivity contribution in [3.8, 4) is 5.75 Å². The van der Waals surface area contributed by atoms with E-state index in [9.17, 15) is 4.79 Å². The molecule has 0 spiro atoms. The minimum absolute atomic E-state index is 0.0306. The van der Waals surface area contributed by atoms with E-state index in [1.807, 2.05) is 0 Å². The first-order valence-electron chi connectivity index (χ1n) is 5.61. The van der Waals surface area contributed by atoms with Gasteiger partial charge in [0.2, 0.25) is 5.91 Å². The number of hydrogen-bond donors (Lipinski definition) is 2.